The van der Waals surface area contributed by atoms with Gasteiger partial charge in [0.2, 0.25) is 5.89 Å². The molecular formula is C8H10F2N2O. The van der Waals surface area contributed by atoms with Crippen molar-refractivity contribution in [1.82, 2.24) is 10.2 Å². The Hall–Kier alpha value is -1.00. The monoisotopic (exact) mass is 188 g/mol. The van der Waals surface area contributed by atoms with E-state index >= 15 is 0 Å². The maximum Gasteiger partial charge on any atom is 0.314 e. The van der Waals surface area contributed by atoms with Crippen LogP contribution >= 0.6 is 0 Å². The Morgan fingerprint density at radius 2 is 2.08 bits per heavy atom. The topological polar surface area (TPSA) is 38.9 Å². The Balaban J connectivity index is 2.06. The quantitative estimate of drug-likeness (QED) is 0.715. The lowest BCUT2D eigenvalue weighted by molar-refractivity contribution is 0.110. The highest BCUT2D eigenvalue weighted by molar-refractivity contribution is 4.98. The van der Waals surface area contributed by atoms with Gasteiger partial charge in [0, 0.05) is 5.92 Å². The van der Waals surface area contributed by atoms with E-state index in [-0.39, 0.29) is 5.92 Å². The molecule has 0 N–H and O–H groups in total. The van der Waals surface area contributed by atoms with Crippen molar-refractivity contribution in [2.75, 3.05) is 0 Å². The molecule has 0 aromatic carbocycles. The second-order valence-corrected chi connectivity index (χ2v) is 3.55. The van der Waals surface area contributed by atoms with E-state index in [4.69, 9.17) is 4.42 Å². The fourth-order valence-corrected chi connectivity index (χ4v) is 1.60. The van der Waals surface area contributed by atoms with Crippen molar-refractivity contribution in [3.05, 3.63) is 11.8 Å². The first-order valence-corrected chi connectivity index (χ1v) is 4.28. The highest BCUT2D eigenvalue weighted by atomic mass is 19.3. The van der Waals surface area contributed by atoms with Gasteiger partial charge >= 0.3 is 6.43 Å². The number of nitrogens with zero attached hydrogens (tertiary/aromatic N) is 2. The van der Waals surface area contributed by atoms with Gasteiger partial charge in [-0.3, -0.25) is 0 Å². The Labute approximate surface area is 74.1 Å². The van der Waals surface area contributed by atoms with Gasteiger partial charge in [0.05, 0.1) is 0 Å². The fourth-order valence-electron chi connectivity index (χ4n) is 1.60. The molecule has 0 unspecified atom stereocenters. The van der Waals surface area contributed by atoms with E-state index in [1.54, 1.807) is 0 Å². The zero-order chi connectivity index (χ0) is 9.42. The molecule has 1 aromatic heterocycles. The van der Waals surface area contributed by atoms with Gasteiger partial charge in [0.1, 0.15) is 0 Å². The van der Waals surface area contributed by atoms with Crippen LogP contribution in [0.2, 0.25) is 0 Å². The van der Waals surface area contributed by atoms with Crippen LogP contribution in [0.4, 0.5) is 8.78 Å². The molecule has 1 fully saturated rings. The summed E-state index contributed by atoms with van der Waals surface area (Å²) in [5, 5.41) is 6.87. The van der Waals surface area contributed by atoms with Crippen LogP contribution in [0, 0.1) is 5.92 Å². The van der Waals surface area contributed by atoms with Gasteiger partial charge in [-0.1, -0.05) is 6.92 Å². The van der Waals surface area contributed by atoms with E-state index in [1.807, 2.05) is 0 Å². The molecule has 2 rings (SSSR count). The average Bonchev–Trinajstić information content (AvgIpc) is 2.46. The Morgan fingerprint density at radius 1 is 1.38 bits per heavy atom. The van der Waals surface area contributed by atoms with Crippen molar-refractivity contribution in [3.8, 4) is 0 Å². The molecule has 0 spiro atoms. The number of hydrogen-bond acceptors (Lipinski definition) is 3. The molecule has 5 heteroatoms. The number of alkyl halides is 2. The smallest absolute Gasteiger partial charge is 0.314 e. The first-order chi connectivity index (χ1) is 6.16. The highest BCUT2D eigenvalue weighted by Gasteiger charge is 2.32. The molecule has 1 heterocycles. The van der Waals surface area contributed by atoms with Crippen molar-refractivity contribution < 1.29 is 13.2 Å². The third-order valence-electron chi connectivity index (χ3n) is 2.37. The molecule has 3 nitrogen and oxygen atoms in total. The Bertz CT molecular complexity index is 294. The molecule has 0 aliphatic heterocycles. The van der Waals surface area contributed by atoms with E-state index < -0.39 is 12.3 Å². The van der Waals surface area contributed by atoms with Gasteiger partial charge < -0.3 is 4.42 Å². The molecule has 0 radical (unpaired) electrons. The minimum Gasteiger partial charge on any atom is -0.419 e. The third-order valence-corrected chi connectivity index (χ3v) is 2.37. The number of aromatic nitrogens is 2. The average molecular weight is 188 g/mol. The standard InChI is InChI=1S/C8H10F2N2O/c1-4-2-5(3-4)7-11-12-8(13-7)6(9)10/h4-6H,2-3H2,1H3. The summed E-state index contributed by atoms with van der Waals surface area (Å²) >= 11 is 0. The Kier molecular flexibility index (Phi) is 2.01. The fraction of sp³-hybridized carbons (Fsp3) is 0.750. The molecule has 1 aromatic rings. The van der Waals surface area contributed by atoms with Crippen LogP contribution in [0.25, 0.3) is 0 Å². The van der Waals surface area contributed by atoms with E-state index in [1.165, 1.54) is 0 Å². The molecular weight excluding hydrogens is 178 g/mol. The summed E-state index contributed by atoms with van der Waals surface area (Å²) in [6.45, 7) is 2.11. The second-order valence-electron chi connectivity index (χ2n) is 3.55. The molecule has 1 aliphatic carbocycles. The SMILES string of the molecule is CC1CC(c2nnc(C(F)F)o2)C1. The molecule has 72 valence electrons. The first-order valence-electron chi connectivity index (χ1n) is 4.28. The zero-order valence-corrected chi connectivity index (χ0v) is 7.20. The molecule has 0 bridgehead atoms. The molecule has 1 aliphatic rings. The summed E-state index contributed by atoms with van der Waals surface area (Å²) in [4.78, 5) is 0. The Morgan fingerprint density at radius 3 is 2.54 bits per heavy atom. The molecule has 0 amide bonds. The summed E-state index contributed by atoms with van der Waals surface area (Å²) in [6.07, 6.45) is -0.728. The lowest BCUT2D eigenvalue weighted by Crippen LogP contribution is -2.19. The van der Waals surface area contributed by atoms with Crippen molar-refractivity contribution >= 4 is 0 Å². The predicted octanol–water partition coefficient (Wildman–Crippen LogP) is 2.52. The highest BCUT2D eigenvalue weighted by Crippen LogP contribution is 2.40. The van der Waals surface area contributed by atoms with E-state index in [0.717, 1.165) is 12.8 Å². The van der Waals surface area contributed by atoms with Crippen molar-refractivity contribution in [3.63, 3.8) is 0 Å². The lowest BCUT2D eigenvalue weighted by Gasteiger charge is -2.29. The predicted molar refractivity (Wildman–Crippen MR) is 40.4 cm³/mol. The zero-order valence-electron chi connectivity index (χ0n) is 7.20. The van der Waals surface area contributed by atoms with E-state index in [9.17, 15) is 8.78 Å². The van der Waals surface area contributed by atoms with Crippen LogP contribution in [-0.4, -0.2) is 10.2 Å². The summed E-state index contributed by atoms with van der Waals surface area (Å²) in [6, 6.07) is 0. The van der Waals surface area contributed by atoms with Crippen molar-refractivity contribution in [1.29, 1.82) is 0 Å². The van der Waals surface area contributed by atoms with Gasteiger partial charge in [0.25, 0.3) is 5.89 Å². The number of halogens is 2. The number of hydrogen-bond donors (Lipinski definition) is 0. The minimum atomic E-state index is -2.65. The minimum absolute atomic E-state index is 0.204. The maximum atomic E-state index is 12.0. The van der Waals surface area contributed by atoms with Crippen LogP contribution in [0.3, 0.4) is 0 Å². The number of rotatable bonds is 2. The van der Waals surface area contributed by atoms with Crippen LogP contribution in [0.15, 0.2) is 4.42 Å². The third kappa shape index (κ3) is 1.55. The van der Waals surface area contributed by atoms with Gasteiger partial charge in [0.15, 0.2) is 0 Å². The summed E-state index contributed by atoms with van der Waals surface area (Å²) in [5.74, 6) is 0.657. The summed E-state index contributed by atoms with van der Waals surface area (Å²) in [5.41, 5.74) is 0. The van der Waals surface area contributed by atoms with E-state index in [0.29, 0.717) is 11.8 Å². The van der Waals surface area contributed by atoms with Crippen LogP contribution in [-0.2, 0) is 0 Å². The van der Waals surface area contributed by atoms with E-state index in [2.05, 4.69) is 17.1 Å². The molecule has 0 saturated heterocycles. The van der Waals surface area contributed by atoms with Crippen LogP contribution < -0.4 is 0 Å². The van der Waals surface area contributed by atoms with Crippen molar-refractivity contribution in [2.24, 2.45) is 5.92 Å². The largest absolute Gasteiger partial charge is 0.419 e. The van der Waals surface area contributed by atoms with Gasteiger partial charge in [-0.15, -0.1) is 10.2 Å². The molecule has 0 atom stereocenters. The first kappa shape index (κ1) is 8.59. The summed E-state index contributed by atoms with van der Waals surface area (Å²) < 4.78 is 28.9. The lowest BCUT2D eigenvalue weighted by atomic mass is 9.76. The van der Waals surface area contributed by atoms with Gasteiger partial charge in [-0.25, -0.2) is 0 Å². The van der Waals surface area contributed by atoms with Crippen LogP contribution in [0.5, 0.6) is 0 Å². The maximum absolute atomic E-state index is 12.0. The summed E-state index contributed by atoms with van der Waals surface area (Å²) in [7, 11) is 0. The van der Waals surface area contributed by atoms with Crippen LogP contribution in [0.1, 0.15) is 43.9 Å². The van der Waals surface area contributed by atoms with Crippen molar-refractivity contribution in [2.45, 2.75) is 32.1 Å². The second kappa shape index (κ2) is 3.05. The normalized spacial score (nSPS) is 27.7. The van der Waals surface area contributed by atoms with Gasteiger partial charge in [-0.2, -0.15) is 8.78 Å². The molecule has 1 saturated carbocycles. The van der Waals surface area contributed by atoms with Gasteiger partial charge in [-0.05, 0) is 18.8 Å². The molecule has 13 heavy (non-hydrogen) atoms.